The fourth-order valence-electron chi connectivity index (χ4n) is 4.77. The molecule has 4 rings (SSSR count). The van der Waals surface area contributed by atoms with Crippen LogP contribution < -0.4 is 0 Å². The molecule has 2 unspecified atom stereocenters. The second-order valence-corrected chi connectivity index (χ2v) is 9.23. The average Bonchev–Trinajstić information content (AvgIpc) is 3.31. The van der Waals surface area contributed by atoms with Gasteiger partial charge in [0.05, 0.1) is 28.0 Å². The molecule has 0 aliphatic carbocycles. The van der Waals surface area contributed by atoms with Crippen LogP contribution in [-0.2, 0) is 22.0 Å². The molecule has 30 heavy (non-hydrogen) atoms. The zero-order valence-corrected chi connectivity index (χ0v) is 18.8. The van der Waals surface area contributed by atoms with Crippen molar-refractivity contribution in [3.8, 4) is 0 Å². The topological polar surface area (TPSA) is 51.5 Å². The normalized spacial score (nSPS) is 20.2. The number of halogens is 2. The van der Waals surface area contributed by atoms with Crippen LogP contribution in [0.3, 0.4) is 0 Å². The summed E-state index contributed by atoms with van der Waals surface area (Å²) >= 11 is 12.7. The van der Waals surface area contributed by atoms with Crippen LogP contribution in [0.2, 0.25) is 10.0 Å². The highest BCUT2D eigenvalue weighted by Gasteiger charge is 2.41. The molecule has 1 aliphatic heterocycles. The standard InChI is InChI=1S/C24H25Cl2NO3/c1-14(2)21(23(28)29)15-4-6-16(7-5-15)24(10-11-30-13-24)20-12-17-19(27(20)3)9-8-18(25)22(17)26/h4-9,12,14,21H,10-11,13H2,1-3H3,(H,28,29). The number of aromatic nitrogens is 1. The summed E-state index contributed by atoms with van der Waals surface area (Å²) in [5.74, 6) is -1.30. The number of carboxylic acids is 1. The number of hydrogen-bond donors (Lipinski definition) is 1. The van der Waals surface area contributed by atoms with Crippen LogP contribution in [0.1, 0.15) is 43.0 Å². The second kappa shape index (κ2) is 7.92. The molecule has 1 fully saturated rings. The SMILES string of the molecule is CC(C)C(C(=O)O)c1ccc(C2(c3cc4c(Cl)c(Cl)ccc4n3C)CCOC2)cc1. The summed E-state index contributed by atoms with van der Waals surface area (Å²) in [7, 11) is 2.04. The molecule has 6 heteroatoms. The lowest BCUT2D eigenvalue weighted by molar-refractivity contribution is -0.139. The number of ether oxygens (including phenoxy) is 1. The van der Waals surface area contributed by atoms with Crippen LogP contribution in [0, 0.1) is 5.92 Å². The first-order chi connectivity index (χ1) is 14.3. The maximum Gasteiger partial charge on any atom is 0.311 e. The number of carbonyl (C=O) groups is 1. The van der Waals surface area contributed by atoms with Crippen molar-refractivity contribution >= 4 is 40.1 Å². The molecule has 1 aliphatic rings. The number of carboxylic acid groups (broad SMARTS) is 1. The van der Waals surface area contributed by atoms with Crippen LogP contribution in [0.25, 0.3) is 10.9 Å². The molecule has 2 atom stereocenters. The largest absolute Gasteiger partial charge is 0.481 e. The number of aryl methyl sites for hydroxylation is 1. The van der Waals surface area contributed by atoms with E-state index >= 15 is 0 Å². The molecule has 0 amide bonds. The van der Waals surface area contributed by atoms with Crippen LogP contribution >= 0.6 is 23.2 Å². The summed E-state index contributed by atoms with van der Waals surface area (Å²) in [5.41, 5.74) is 3.75. The molecule has 0 bridgehead atoms. The second-order valence-electron chi connectivity index (χ2n) is 8.45. The lowest BCUT2D eigenvalue weighted by atomic mass is 9.76. The van der Waals surface area contributed by atoms with E-state index in [4.69, 9.17) is 27.9 Å². The third-order valence-corrected chi connectivity index (χ3v) is 7.20. The summed E-state index contributed by atoms with van der Waals surface area (Å²) < 4.78 is 8.02. The van der Waals surface area contributed by atoms with Gasteiger partial charge in [-0.1, -0.05) is 61.3 Å². The number of rotatable bonds is 5. The summed E-state index contributed by atoms with van der Waals surface area (Å²) in [6.07, 6.45) is 0.842. The fraction of sp³-hybridized carbons (Fsp3) is 0.375. The van der Waals surface area contributed by atoms with E-state index in [1.165, 1.54) is 0 Å². The van der Waals surface area contributed by atoms with Gasteiger partial charge in [0.15, 0.2) is 0 Å². The minimum atomic E-state index is -0.795. The Morgan fingerprint density at radius 2 is 1.87 bits per heavy atom. The lowest BCUT2D eigenvalue weighted by Gasteiger charge is -2.30. The van der Waals surface area contributed by atoms with E-state index in [0.29, 0.717) is 23.3 Å². The molecule has 1 saturated heterocycles. The first-order valence-corrected chi connectivity index (χ1v) is 10.9. The number of benzene rings is 2. The van der Waals surface area contributed by atoms with Crippen molar-refractivity contribution < 1.29 is 14.6 Å². The Morgan fingerprint density at radius 3 is 2.43 bits per heavy atom. The van der Waals surface area contributed by atoms with Crippen LogP contribution in [-0.4, -0.2) is 28.9 Å². The summed E-state index contributed by atoms with van der Waals surface area (Å²) in [6, 6.07) is 13.9. The first-order valence-electron chi connectivity index (χ1n) is 10.1. The molecule has 4 nitrogen and oxygen atoms in total. The Balaban J connectivity index is 1.83. The van der Waals surface area contributed by atoms with E-state index in [1.54, 1.807) is 0 Å². The van der Waals surface area contributed by atoms with Gasteiger partial charge in [0.2, 0.25) is 0 Å². The summed E-state index contributed by atoms with van der Waals surface area (Å²) in [4.78, 5) is 11.7. The Labute approximate surface area is 186 Å². The van der Waals surface area contributed by atoms with Gasteiger partial charge in [0, 0.05) is 30.3 Å². The number of aliphatic carboxylic acids is 1. The quantitative estimate of drug-likeness (QED) is 0.522. The lowest BCUT2D eigenvalue weighted by Crippen LogP contribution is -2.30. The van der Waals surface area contributed by atoms with Crippen molar-refractivity contribution in [3.63, 3.8) is 0 Å². The van der Waals surface area contributed by atoms with E-state index in [-0.39, 0.29) is 11.3 Å². The molecule has 2 heterocycles. The Bertz CT molecular complexity index is 1100. The van der Waals surface area contributed by atoms with Gasteiger partial charge in [-0.15, -0.1) is 0 Å². The van der Waals surface area contributed by atoms with Gasteiger partial charge in [-0.3, -0.25) is 4.79 Å². The van der Waals surface area contributed by atoms with E-state index in [0.717, 1.165) is 34.1 Å². The monoisotopic (exact) mass is 445 g/mol. The third kappa shape index (κ3) is 3.31. The van der Waals surface area contributed by atoms with E-state index in [1.807, 2.05) is 45.2 Å². The minimum absolute atomic E-state index is 0.0159. The van der Waals surface area contributed by atoms with Crippen molar-refractivity contribution in [1.82, 2.24) is 4.57 Å². The molecular weight excluding hydrogens is 421 g/mol. The molecule has 3 aromatic rings. The molecule has 0 saturated carbocycles. The smallest absolute Gasteiger partial charge is 0.311 e. The number of hydrogen-bond acceptors (Lipinski definition) is 2. The third-order valence-electron chi connectivity index (χ3n) is 6.38. The van der Waals surface area contributed by atoms with Gasteiger partial charge >= 0.3 is 5.97 Å². The molecule has 2 aromatic carbocycles. The molecule has 0 spiro atoms. The Hall–Kier alpha value is -2.01. The highest BCUT2D eigenvalue weighted by Crippen LogP contribution is 2.44. The maximum atomic E-state index is 11.7. The summed E-state index contributed by atoms with van der Waals surface area (Å²) in [5, 5.41) is 11.6. The Morgan fingerprint density at radius 1 is 1.17 bits per heavy atom. The van der Waals surface area contributed by atoms with E-state index in [2.05, 4.69) is 22.8 Å². The Kier molecular flexibility index (Phi) is 5.60. The molecule has 1 aromatic heterocycles. The number of nitrogens with zero attached hydrogens (tertiary/aromatic N) is 1. The van der Waals surface area contributed by atoms with Gasteiger partial charge in [-0.2, -0.15) is 0 Å². The van der Waals surface area contributed by atoms with E-state index in [9.17, 15) is 9.90 Å². The van der Waals surface area contributed by atoms with Crippen LogP contribution in [0.4, 0.5) is 0 Å². The summed E-state index contributed by atoms with van der Waals surface area (Å²) in [6.45, 7) is 5.10. The average molecular weight is 446 g/mol. The highest BCUT2D eigenvalue weighted by molar-refractivity contribution is 6.45. The van der Waals surface area contributed by atoms with Crippen molar-refractivity contribution in [1.29, 1.82) is 0 Å². The van der Waals surface area contributed by atoms with Crippen LogP contribution in [0.15, 0.2) is 42.5 Å². The fourth-order valence-corrected chi connectivity index (χ4v) is 5.15. The van der Waals surface area contributed by atoms with Gasteiger partial charge in [-0.25, -0.2) is 0 Å². The van der Waals surface area contributed by atoms with Crippen molar-refractivity contribution in [2.24, 2.45) is 13.0 Å². The minimum Gasteiger partial charge on any atom is -0.481 e. The van der Waals surface area contributed by atoms with Gasteiger partial charge < -0.3 is 14.4 Å². The molecule has 0 radical (unpaired) electrons. The predicted molar refractivity (Wildman–Crippen MR) is 121 cm³/mol. The maximum absolute atomic E-state index is 11.7. The number of fused-ring (bicyclic) bond motifs is 1. The predicted octanol–water partition coefficient (Wildman–Crippen LogP) is 6.02. The van der Waals surface area contributed by atoms with Gasteiger partial charge in [-0.05, 0) is 41.7 Å². The van der Waals surface area contributed by atoms with E-state index < -0.39 is 11.9 Å². The van der Waals surface area contributed by atoms with Crippen molar-refractivity contribution in [3.05, 3.63) is 69.3 Å². The molecule has 1 N–H and O–H groups in total. The van der Waals surface area contributed by atoms with Gasteiger partial charge in [0.1, 0.15) is 0 Å². The van der Waals surface area contributed by atoms with Crippen LogP contribution in [0.5, 0.6) is 0 Å². The highest BCUT2D eigenvalue weighted by atomic mass is 35.5. The zero-order chi connectivity index (χ0) is 21.6. The molecular formula is C24H25Cl2NO3. The van der Waals surface area contributed by atoms with Gasteiger partial charge in [0.25, 0.3) is 0 Å². The molecule has 158 valence electrons. The van der Waals surface area contributed by atoms with Crippen molar-refractivity contribution in [2.75, 3.05) is 13.2 Å². The first kappa shape index (κ1) is 21.2. The zero-order valence-electron chi connectivity index (χ0n) is 17.3. The van der Waals surface area contributed by atoms with Crippen molar-refractivity contribution in [2.45, 2.75) is 31.6 Å².